The van der Waals surface area contributed by atoms with E-state index in [1.54, 1.807) is 36.4 Å². The van der Waals surface area contributed by atoms with Gasteiger partial charge in [0.2, 0.25) is 0 Å². The summed E-state index contributed by atoms with van der Waals surface area (Å²) in [6.45, 7) is -0.168. The molecule has 2 N–H and O–H groups in total. The number of pyridine rings is 1. The summed E-state index contributed by atoms with van der Waals surface area (Å²) in [5.74, 6) is -2.59. The van der Waals surface area contributed by atoms with Crippen LogP contribution < -0.4 is 4.74 Å². The van der Waals surface area contributed by atoms with Gasteiger partial charge in [-0.2, -0.15) is 0 Å². The Hall–Kier alpha value is -3.68. The summed E-state index contributed by atoms with van der Waals surface area (Å²) >= 11 is 0. The summed E-state index contributed by atoms with van der Waals surface area (Å²) < 4.78 is 5.08. The Kier molecular flexibility index (Phi) is 5.39. The van der Waals surface area contributed by atoms with Crippen LogP contribution >= 0.6 is 0 Å². The van der Waals surface area contributed by atoms with Crippen LogP contribution in [-0.2, 0) is 14.4 Å². The van der Waals surface area contributed by atoms with Crippen molar-refractivity contribution in [1.82, 2.24) is 9.88 Å². The summed E-state index contributed by atoms with van der Waals surface area (Å²) in [5.41, 5.74) is 0.738. The molecule has 1 unspecified atom stereocenters. The SMILES string of the molecule is COc1ccc(C(O)=C2C(=O)C(=O)N(CCC(=O)O)C2c2cccnc2)cc1. The van der Waals surface area contributed by atoms with Gasteiger partial charge in [-0.3, -0.25) is 19.4 Å². The minimum absolute atomic E-state index is 0.103. The first kappa shape index (κ1) is 19.1. The zero-order chi connectivity index (χ0) is 20.3. The average molecular weight is 382 g/mol. The summed E-state index contributed by atoms with van der Waals surface area (Å²) in [6, 6.07) is 8.76. The van der Waals surface area contributed by atoms with Gasteiger partial charge in [-0.25, -0.2) is 0 Å². The number of amides is 1. The third kappa shape index (κ3) is 3.57. The highest BCUT2D eigenvalue weighted by Crippen LogP contribution is 2.39. The second-order valence-corrected chi connectivity index (χ2v) is 6.15. The lowest BCUT2D eigenvalue weighted by Gasteiger charge is -2.24. The zero-order valence-corrected chi connectivity index (χ0v) is 15.0. The molecule has 1 aromatic carbocycles. The van der Waals surface area contributed by atoms with Gasteiger partial charge in [0.15, 0.2) is 0 Å². The molecular weight excluding hydrogens is 364 g/mol. The molecule has 1 aliphatic rings. The lowest BCUT2D eigenvalue weighted by Crippen LogP contribution is -2.31. The molecule has 1 aromatic heterocycles. The number of Topliss-reactive ketones (excluding diaryl/α,β-unsaturated/α-hetero) is 1. The van der Waals surface area contributed by atoms with Crippen LogP contribution in [0.2, 0.25) is 0 Å². The van der Waals surface area contributed by atoms with E-state index in [0.717, 1.165) is 4.90 Å². The van der Waals surface area contributed by atoms with Gasteiger partial charge < -0.3 is 19.8 Å². The molecule has 28 heavy (non-hydrogen) atoms. The highest BCUT2D eigenvalue weighted by Gasteiger charge is 2.46. The molecule has 0 spiro atoms. The molecule has 1 atom stereocenters. The quantitative estimate of drug-likeness (QED) is 0.446. The number of carboxylic acids is 1. The molecule has 0 bridgehead atoms. The average Bonchev–Trinajstić information content (AvgIpc) is 2.97. The smallest absolute Gasteiger partial charge is 0.305 e. The summed E-state index contributed by atoms with van der Waals surface area (Å²) in [4.78, 5) is 41.4. The number of rotatable bonds is 6. The van der Waals surface area contributed by atoms with E-state index in [-0.39, 0.29) is 24.3 Å². The van der Waals surface area contributed by atoms with Gasteiger partial charge in [0.05, 0.1) is 25.1 Å². The molecular formula is C20H18N2O6. The first-order chi connectivity index (χ1) is 13.4. The number of aliphatic hydroxyl groups is 1. The van der Waals surface area contributed by atoms with E-state index in [0.29, 0.717) is 16.9 Å². The first-order valence-electron chi connectivity index (χ1n) is 8.48. The number of aromatic nitrogens is 1. The van der Waals surface area contributed by atoms with Crippen molar-refractivity contribution in [3.8, 4) is 5.75 Å². The summed E-state index contributed by atoms with van der Waals surface area (Å²) in [5, 5.41) is 19.8. The number of ether oxygens (including phenoxy) is 1. The van der Waals surface area contributed by atoms with Gasteiger partial charge in [-0.05, 0) is 35.9 Å². The molecule has 1 fully saturated rings. The highest BCUT2D eigenvalue weighted by atomic mass is 16.5. The lowest BCUT2D eigenvalue weighted by atomic mass is 9.96. The van der Waals surface area contributed by atoms with Crippen LogP contribution in [0, 0.1) is 0 Å². The second-order valence-electron chi connectivity index (χ2n) is 6.15. The van der Waals surface area contributed by atoms with Crippen LogP contribution in [-0.4, -0.2) is 51.4 Å². The molecule has 1 aliphatic heterocycles. The topological polar surface area (TPSA) is 117 Å². The van der Waals surface area contributed by atoms with Crippen LogP contribution in [0.15, 0.2) is 54.4 Å². The molecule has 144 valence electrons. The molecule has 3 rings (SSSR count). The number of methoxy groups -OCH3 is 1. The highest BCUT2D eigenvalue weighted by molar-refractivity contribution is 6.46. The van der Waals surface area contributed by atoms with E-state index in [1.165, 1.54) is 19.5 Å². The van der Waals surface area contributed by atoms with Crippen molar-refractivity contribution in [2.75, 3.05) is 13.7 Å². The maximum atomic E-state index is 12.7. The largest absolute Gasteiger partial charge is 0.507 e. The maximum Gasteiger partial charge on any atom is 0.305 e. The Morgan fingerprint density at radius 2 is 1.89 bits per heavy atom. The predicted molar refractivity (Wildman–Crippen MR) is 98.5 cm³/mol. The van der Waals surface area contributed by atoms with Crippen LogP contribution in [0.4, 0.5) is 0 Å². The standard InChI is InChI=1S/C20H18N2O6/c1-28-14-6-4-12(5-7-14)18(25)16-17(13-3-2-9-21-11-13)22(10-8-15(23)24)20(27)19(16)26/h2-7,9,11,17,25H,8,10H2,1H3,(H,23,24). The molecule has 8 nitrogen and oxygen atoms in total. The Morgan fingerprint density at radius 3 is 2.46 bits per heavy atom. The Labute approximate surface area is 160 Å². The Morgan fingerprint density at radius 1 is 1.18 bits per heavy atom. The number of carbonyl (C=O) groups excluding carboxylic acids is 2. The van der Waals surface area contributed by atoms with Crippen LogP contribution in [0.5, 0.6) is 5.75 Å². The number of aliphatic carboxylic acids is 1. The summed E-state index contributed by atoms with van der Waals surface area (Å²) in [6.07, 6.45) is 2.69. The second kappa shape index (κ2) is 7.91. The number of hydrogen-bond donors (Lipinski definition) is 2. The number of carboxylic acid groups (broad SMARTS) is 1. The maximum absolute atomic E-state index is 12.7. The fourth-order valence-corrected chi connectivity index (χ4v) is 3.12. The lowest BCUT2D eigenvalue weighted by molar-refractivity contribution is -0.142. The van der Waals surface area contributed by atoms with Crippen LogP contribution in [0.25, 0.3) is 5.76 Å². The van der Waals surface area contributed by atoms with Crippen molar-refractivity contribution >= 4 is 23.4 Å². The van der Waals surface area contributed by atoms with E-state index < -0.39 is 23.7 Å². The number of hydrogen-bond acceptors (Lipinski definition) is 6. The molecule has 0 aliphatic carbocycles. The molecule has 1 saturated heterocycles. The van der Waals surface area contributed by atoms with Gasteiger partial charge >= 0.3 is 5.97 Å². The number of aliphatic hydroxyl groups excluding tert-OH is 1. The first-order valence-corrected chi connectivity index (χ1v) is 8.48. The van der Waals surface area contributed by atoms with Crippen molar-refractivity contribution in [3.63, 3.8) is 0 Å². The van der Waals surface area contributed by atoms with Crippen molar-refractivity contribution in [2.24, 2.45) is 0 Å². The summed E-state index contributed by atoms with van der Waals surface area (Å²) in [7, 11) is 1.51. The molecule has 8 heteroatoms. The third-order valence-corrected chi connectivity index (χ3v) is 4.47. The number of ketones is 1. The zero-order valence-electron chi connectivity index (χ0n) is 15.0. The van der Waals surface area contributed by atoms with E-state index in [2.05, 4.69) is 4.98 Å². The number of nitrogens with zero attached hydrogens (tertiary/aromatic N) is 2. The van der Waals surface area contributed by atoms with Gasteiger partial charge in [0, 0.05) is 24.5 Å². The minimum atomic E-state index is -1.10. The van der Waals surface area contributed by atoms with Gasteiger partial charge in [-0.1, -0.05) is 6.07 Å². The number of benzene rings is 1. The van der Waals surface area contributed by atoms with Gasteiger partial charge in [0.1, 0.15) is 11.5 Å². The fourth-order valence-electron chi connectivity index (χ4n) is 3.12. The monoisotopic (exact) mass is 382 g/mol. The number of carbonyl (C=O) groups is 3. The Balaban J connectivity index is 2.11. The molecule has 2 aromatic rings. The molecule has 2 heterocycles. The number of likely N-dealkylation sites (tertiary alicyclic amines) is 1. The van der Waals surface area contributed by atoms with Crippen LogP contribution in [0.3, 0.4) is 0 Å². The van der Waals surface area contributed by atoms with E-state index in [1.807, 2.05) is 0 Å². The van der Waals surface area contributed by atoms with E-state index in [9.17, 15) is 19.5 Å². The van der Waals surface area contributed by atoms with Gasteiger partial charge in [-0.15, -0.1) is 0 Å². The van der Waals surface area contributed by atoms with Crippen molar-refractivity contribution < 1.29 is 29.3 Å². The molecule has 0 radical (unpaired) electrons. The van der Waals surface area contributed by atoms with Gasteiger partial charge in [0.25, 0.3) is 11.7 Å². The predicted octanol–water partition coefficient (Wildman–Crippen LogP) is 1.99. The van der Waals surface area contributed by atoms with E-state index >= 15 is 0 Å². The van der Waals surface area contributed by atoms with Crippen molar-refractivity contribution in [2.45, 2.75) is 12.5 Å². The van der Waals surface area contributed by atoms with E-state index in [4.69, 9.17) is 9.84 Å². The molecule has 0 saturated carbocycles. The van der Waals surface area contributed by atoms with Crippen molar-refractivity contribution in [3.05, 3.63) is 65.5 Å². The fraction of sp³-hybridized carbons (Fsp3) is 0.200. The van der Waals surface area contributed by atoms with Crippen LogP contribution in [0.1, 0.15) is 23.6 Å². The molecule has 1 amide bonds. The Bertz CT molecular complexity index is 937. The normalized spacial score (nSPS) is 18.3. The van der Waals surface area contributed by atoms with Crippen molar-refractivity contribution in [1.29, 1.82) is 0 Å². The minimum Gasteiger partial charge on any atom is -0.507 e. The third-order valence-electron chi connectivity index (χ3n) is 4.47.